The number of fused-ring (bicyclic) bond motifs is 2. The number of morpholine rings is 1. The first-order valence-corrected chi connectivity index (χ1v) is 11.6. The molecule has 2 saturated heterocycles. The molecule has 0 saturated carbocycles. The van der Waals surface area contributed by atoms with Crippen LogP contribution in [-0.2, 0) is 16.1 Å². The zero-order chi connectivity index (χ0) is 24.0. The number of hydrogen-bond donors (Lipinski definition) is 1. The average Bonchev–Trinajstić information content (AvgIpc) is 3.21. The van der Waals surface area contributed by atoms with Gasteiger partial charge in [-0.2, -0.15) is 5.26 Å². The molecule has 2 aromatic rings. The number of nitrogens with zero attached hydrogens (tertiary/aromatic N) is 3. The fourth-order valence-electron chi connectivity index (χ4n) is 5.45. The Kier molecular flexibility index (Phi) is 6.13. The third-order valence-electron chi connectivity index (χ3n) is 7.49. The Hall–Kier alpha value is -2.83. The van der Waals surface area contributed by atoms with Gasteiger partial charge in [-0.1, -0.05) is 12.1 Å². The van der Waals surface area contributed by atoms with Crippen molar-refractivity contribution in [1.82, 2.24) is 9.80 Å². The van der Waals surface area contributed by atoms with Crippen LogP contribution in [-0.4, -0.2) is 66.2 Å². The van der Waals surface area contributed by atoms with E-state index < -0.39 is 11.9 Å². The quantitative estimate of drug-likeness (QED) is 0.695. The van der Waals surface area contributed by atoms with E-state index in [9.17, 15) is 19.6 Å². The topological polar surface area (TPSA) is 86.0 Å². The van der Waals surface area contributed by atoms with Crippen molar-refractivity contribution in [2.24, 2.45) is 0 Å². The second-order valence-corrected chi connectivity index (χ2v) is 9.38. The monoisotopic (exact) mass is 465 g/mol. The molecule has 3 aliphatic heterocycles. The van der Waals surface area contributed by atoms with Crippen molar-refractivity contribution >= 4 is 5.97 Å². The molecule has 178 valence electrons. The van der Waals surface area contributed by atoms with E-state index >= 15 is 0 Å². The number of carbonyl (C=O) groups is 1. The van der Waals surface area contributed by atoms with Crippen LogP contribution in [0.25, 0.3) is 0 Å². The van der Waals surface area contributed by atoms with Crippen molar-refractivity contribution in [2.45, 2.75) is 38.7 Å². The molecule has 1 N–H and O–H groups in total. The first-order valence-electron chi connectivity index (χ1n) is 11.6. The summed E-state index contributed by atoms with van der Waals surface area (Å²) in [7, 11) is 0. The molecular formula is C26H28FN3O4. The summed E-state index contributed by atoms with van der Waals surface area (Å²) in [5.74, 6) is -0.798. The van der Waals surface area contributed by atoms with Crippen molar-refractivity contribution in [3.63, 3.8) is 0 Å². The fourth-order valence-corrected chi connectivity index (χ4v) is 5.45. The predicted molar refractivity (Wildman–Crippen MR) is 122 cm³/mol. The summed E-state index contributed by atoms with van der Waals surface area (Å²) in [4.78, 5) is 16.4. The number of ether oxygens (including phenoxy) is 2. The van der Waals surface area contributed by atoms with Crippen LogP contribution in [0.2, 0.25) is 0 Å². The van der Waals surface area contributed by atoms with Gasteiger partial charge in [0.25, 0.3) is 0 Å². The van der Waals surface area contributed by atoms with E-state index in [4.69, 9.17) is 9.47 Å². The number of esters is 1. The van der Waals surface area contributed by atoms with Crippen molar-refractivity contribution < 1.29 is 23.8 Å². The molecule has 5 rings (SSSR count). The van der Waals surface area contributed by atoms with Gasteiger partial charge in [-0.15, -0.1) is 0 Å². The van der Waals surface area contributed by atoms with E-state index in [1.54, 1.807) is 19.1 Å². The number of carbonyl (C=O) groups excluding carboxylic acids is 1. The number of β-amino-alcohol motifs (C(OH)–C–C–N with tert-alkyl or cyclic N) is 1. The molecule has 7 nitrogen and oxygen atoms in total. The predicted octanol–water partition coefficient (Wildman–Crippen LogP) is 2.78. The number of hydrogen-bond acceptors (Lipinski definition) is 7. The summed E-state index contributed by atoms with van der Waals surface area (Å²) in [5.41, 5.74) is 4.81. The van der Waals surface area contributed by atoms with Gasteiger partial charge < -0.3 is 14.6 Å². The van der Waals surface area contributed by atoms with Gasteiger partial charge in [0.05, 0.1) is 29.9 Å². The van der Waals surface area contributed by atoms with Crippen molar-refractivity contribution in [3.05, 3.63) is 69.0 Å². The summed E-state index contributed by atoms with van der Waals surface area (Å²) in [5, 5.41) is 20.2. The van der Waals surface area contributed by atoms with Crippen molar-refractivity contribution in [3.8, 4) is 6.07 Å². The SMILES string of the molecule is Cc1c([C@@H]2CN3CCN(C[C@@H](O)c4ccc5c(c4C)COC5=O)C[C@@H]3CO2)ccc(F)c1C#N. The van der Waals surface area contributed by atoms with E-state index in [2.05, 4.69) is 9.80 Å². The van der Waals surface area contributed by atoms with Crippen LogP contribution in [0, 0.1) is 31.0 Å². The van der Waals surface area contributed by atoms with Gasteiger partial charge in [-0.25, -0.2) is 9.18 Å². The first-order chi connectivity index (χ1) is 16.4. The molecule has 0 amide bonds. The maximum Gasteiger partial charge on any atom is 0.338 e. The fraction of sp³-hybridized carbons (Fsp3) is 0.462. The second kappa shape index (κ2) is 9.08. The van der Waals surface area contributed by atoms with Gasteiger partial charge in [-0.3, -0.25) is 9.80 Å². The number of halogens is 1. The van der Waals surface area contributed by atoms with Crippen LogP contribution in [0.3, 0.4) is 0 Å². The molecule has 0 unspecified atom stereocenters. The minimum Gasteiger partial charge on any atom is -0.457 e. The Bertz CT molecular complexity index is 1180. The maximum atomic E-state index is 13.9. The minimum atomic E-state index is -0.656. The zero-order valence-electron chi connectivity index (χ0n) is 19.4. The molecular weight excluding hydrogens is 437 g/mol. The summed E-state index contributed by atoms with van der Waals surface area (Å²) in [6.45, 7) is 8.14. The lowest BCUT2D eigenvalue weighted by Crippen LogP contribution is -2.58. The number of nitriles is 1. The smallest absolute Gasteiger partial charge is 0.338 e. The minimum absolute atomic E-state index is 0.0832. The number of piperazine rings is 1. The van der Waals surface area contributed by atoms with Crippen LogP contribution >= 0.6 is 0 Å². The van der Waals surface area contributed by atoms with Crippen molar-refractivity contribution in [2.75, 3.05) is 39.3 Å². The third-order valence-corrected chi connectivity index (χ3v) is 7.49. The lowest BCUT2D eigenvalue weighted by atomic mass is 9.94. The number of benzene rings is 2. The van der Waals surface area contributed by atoms with E-state index in [1.807, 2.05) is 19.1 Å². The lowest BCUT2D eigenvalue weighted by molar-refractivity contribution is -0.0939. The molecule has 2 fully saturated rings. The van der Waals surface area contributed by atoms with Gasteiger partial charge in [0.2, 0.25) is 0 Å². The average molecular weight is 466 g/mol. The molecule has 8 heteroatoms. The molecule has 0 spiro atoms. The Morgan fingerprint density at radius 3 is 2.82 bits per heavy atom. The van der Waals surface area contributed by atoms with Gasteiger partial charge in [0.1, 0.15) is 18.5 Å². The van der Waals surface area contributed by atoms with Crippen molar-refractivity contribution in [1.29, 1.82) is 5.26 Å². The largest absolute Gasteiger partial charge is 0.457 e. The molecule has 3 aliphatic rings. The lowest BCUT2D eigenvalue weighted by Gasteiger charge is -2.46. The van der Waals surface area contributed by atoms with Crippen LogP contribution in [0.1, 0.15) is 55.9 Å². The number of aliphatic hydroxyl groups excluding tert-OH is 1. The second-order valence-electron chi connectivity index (χ2n) is 9.38. The van der Waals surface area contributed by atoms with Gasteiger partial charge in [-0.05, 0) is 48.2 Å². The normalized spacial score (nSPS) is 23.7. The Labute approximate surface area is 198 Å². The van der Waals surface area contributed by atoms with Gasteiger partial charge in [0.15, 0.2) is 0 Å². The molecule has 0 aliphatic carbocycles. The first kappa shape index (κ1) is 22.9. The molecule has 34 heavy (non-hydrogen) atoms. The summed E-state index contributed by atoms with van der Waals surface area (Å²) >= 11 is 0. The van der Waals surface area contributed by atoms with Crippen LogP contribution < -0.4 is 0 Å². The highest BCUT2D eigenvalue weighted by Crippen LogP contribution is 2.32. The number of cyclic esters (lactones) is 1. The highest BCUT2D eigenvalue weighted by molar-refractivity contribution is 5.93. The van der Waals surface area contributed by atoms with Crippen LogP contribution in [0.15, 0.2) is 24.3 Å². The Morgan fingerprint density at radius 1 is 1.21 bits per heavy atom. The Balaban J connectivity index is 1.22. The van der Waals surface area contributed by atoms with Crippen LogP contribution in [0.4, 0.5) is 4.39 Å². The molecule has 0 radical (unpaired) electrons. The summed E-state index contributed by atoms with van der Waals surface area (Å²) in [6.07, 6.45) is -0.851. The van der Waals surface area contributed by atoms with Gasteiger partial charge >= 0.3 is 5.97 Å². The molecule has 0 bridgehead atoms. The maximum absolute atomic E-state index is 13.9. The highest BCUT2D eigenvalue weighted by Gasteiger charge is 2.36. The molecule has 2 aromatic carbocycles. The van der Waals surface area contributed by atoms with Gasteiger partial charge in [0, 0.05) is 44.3 Å². The number of aliphatic hydroxyl groups is 1. The Morgan fingerprint density at radius 2 is 2.03 bits per heavy atom. The summed E-state index contributed by atoms with van der Waals surface area (Å²) in [6, 6.07) is 8.81. The zero-order valence-corrected chi connectivity index (χ0v) is 19.4. The van der Waals surface area contributed by atoms with E-state index in [0.29, 0.717) is 30.8 Å². The summed E-state index contributed by atoms with van der Waals surface area (Å²) < 4.78 is 25.2. The standard InChI is InChI=1S/C26H28FN3O4/c1-15-18(3-4-20-22(15)14-34-26(20)32)24(31)11-29-7-8-30-12-25(33-13-17(30)10-29)19-5-6-23(27)21(9-28)16(19)2/h3-6,17,24-25,31H,7-8,10-14H2,1-2H3/t17-,24-,25+/m1/s1. The van der Waals surface area contributed by atoms with Crippen LogP contribution in [0.5, 0.6) is 0 Å². The van der Waals surface area contributed by atoms with E-state index in [0.717, 1.165) is 41.9 Å². The third kappa shape index (κ3) is 3.99. The molecule has 3 heterocycles. The molecule has 3 atom stereocenters. The van der Waals surface area contributed by atoms with E-state index in [1.165, 1.54) is 6.07 Å². The number of rotatable bonds is 4. The highest BCUT2D eigenvalue weighted by atomic mass is 19.1. The molecule has 0 aromatic heterocycles. The van der Waals surface area contributed by atoms with E-state index in [-0.39, 0.29) is 30.3 Å².